The van der Waals surface area contributed by atoms with Crippen molar-refractivity contribution in [3.05, 3.63) is 29.8 Å². The van der Waals surface area contributed by atoms with Crippen molar-refractivity contribution in [2.75, 3.05) is 11.6 Å². The Bertz CT molecular complexity index is 480. The fourth-order valence-electron chi connectivity index (χ4n) is 3.58. The van der Waals surface area contributed by atoms with Crippen molar-refractivity contribution in [3.63, 3.8) is 0 Å². The Labute approximate surface area is 113 Å². The second kappa shape index (κ2) is 4.85. The van der Waals surface area contributed by atoms with E-state index in [9.17, 15) is 4.79 Å². The zero-order valence-electron chi connectivity index (χ0n) is 11.2. The molecule has 0 aromatic heterocycles. The lowest BCUT2D eigenvalue weighted by Crippen LogP contribution is -2.50. The van der Waals surface area contributed by atoms with Gasteiger partial charge in [0.25, 0.3) is 5.91 Å². The quantitative estimate of drug-likeness (QED) is 0.856. The minimum Gasteiger partial charge on any atom is -0.366 e. The molecule has 1 heterocycles. The summed E-state index contributed by atoms with van der Waals surface area (Å²) in [5, 5.41) is 2.23. The van der Waals surface area contributed by atoms with E-state index in [0.29, 0.717) is 5.56 Å². The SMILES string of the molecule is NC(=O)c1ccccc1N1NCCC12CCCCC2. The molecule has 0 unspecified atom stereocenters. The van der Waals surface area contributed by atoms with Crippen molar-refractivity contribution in [1.29, 1.82) is 0 Å². The Morgan fingerprint density at radius 2 is 1.89 bits per heavy atom. The van der Waals surface area contributed by atoms with Crippen molar-refractivity contribution < 1.29 is 4.79 Å². The van der Waals surface area contributed by atoms with Gasteiger partial charge in [0.05, 0.1) is 16.8 Å². The molecule has 1 aliphatic heterocycles. The van der Waals surface area contributed by atoms with Gasteiger partial charge >= 0.3 is 0 Å². The van der Waals surface area contributed by atoms with Gasteiger partial charge in [-0.2, -0.15) is 0 Å². The number of hydrogen-bond donors (Lipinski definition) is 2. The number of primary amides is 1. The number of hydrazine groups is 1. The molecular weight excluding hydrogens is 238 g/mol. The predicted octanol–water partition coefficient (Wildman–Crippen LogP) is 2.20. The fraction of sp³-hybridized carbons (Fsp3) is 0.533. The lowest BCUT2D eigenvalue weighted by Gasteiger charge is -2.42. The molecule has 2 aliphatic rings. The lowest BCUT2D eigenvalue weighted by atomic mass is 9.79. The number of nitrogens with two attached hydrogens (primary N) is 1. The summed E-state index contributed by atoms with van der Waals surface area (Å²) in [6.07, 6.45) is 7.43. The average molecular weight is 259 g/mol. The number of carbonyl (C=O) groups is 1. The van der Waals surface area contributed by atoms with Crippen LogP contribution in [0.25, 0.3) is 0 Å². The highest BCUT2D eigenvalue weighted by Crippen LogP contribution is 2.41. The molecule has 1 amide bonds. The molecule has 1 aromatic carbocycles. The third-order valence-corrected chi connectivity index (χ3v) is 4.53. The summed E-state index contributed by atoms with van der Waals surface area (Å²) in [5.41, 5.74) is 10.7. The highest BCUT2D eigenvalue weighted by molar-refractivity contribution is 5.98. The Hall–Kier alpha value is -1.55. The van der Waals surface area contributed by atoms with Gasteiger partial charge in [-0.1, -0.05) is 31.4 Å². The van der Waals surface area contributed by atoms with Crippen LogP contribution in [-0.2, 0) is 0 Å². The van der Waals surface area contributed by atoms with Crippen LogP contribution in [0.3, 0.4) is 0 Å². The van der Waals surface area contributed by atoms with Crippen molar-refractivity contribution >= 4 is 11.6 Å². The minimum absolute atomic E-state index is 0.184. The van der Waals surface area contributed by atoms with Gasteiger partial charge in [-0.25, -0.2) is 5.43 Å². The first-order chi connectivity index (χ1) is 9.23. The summed E-state index contributed by atoms with van der Waals surface area (Å²) in [6.45, 7) is 0.979. The van der Waals surface area contributed by atoms with Crippen LogP contribution in [0, 0.1) is 0 Å². The van der Waals surface area contributed by atoms with E-state index in [1.807, 2.05) is 24.3 Å². The van der Waals surface area contributed by atoms with Gasteiger partial charge in [0.2, 0.25) is 0 Å². The number of nitrogens with zero attached hydrogens (tertiary/aromatic N) is 1. The van der Waals surface area contributed by atoms with Gasteiger partial charge in [0, 0.05) is 6.54 Å². The minimum atomic E-state index is -0.352. The zero-order chi connectivity index (χ0) is 13.3. The Morgan fingerprint density at radius 1 is 1.16 bits per heavy atom. The first-order valence-electron chi connectivity index (χ1n) is 7.16. The van der Waals surface area contributed by atoms with E-state index >= 15 is 0 Å². The predicted molar refractivity (Wildman–Crippen MR) is 75.9 cm³/mol. The largest absolute Gasteiger partial charge is 0.366 e. The summed E-state index contributed by atoms with van der Waals surface area (Å²) in [5.74, 6) is -0.352. The third kappa shape index (κ3) is 2.10. The smallest absolute Gasteiger partial charge is 0.250 e. The van der Waals surface area contributed by atoms with E-state index in [1.165, 1.54) is 32.1 Å². The maximum absolute atomic E-state index is 11.6. The second-order valence-electron chi connectivity index (χ2n) is 5.66. The van der Waals surface area contributed by atoms with E-state index in [1.54, 1.807) is 0 Å². The number of anilines is 1. The molecule has 3 N–H and O–H groups in total. The number of carbonyl (C=O) groups excluding carboxylic acids is 1. The molecule has 0 bridgehead atoms. The molecule has 2 fully saturated rings. The number of nitrogens with one attached hydrogen (secondary N) is 1. The van der Waals surface area contributed by atoms with Gasteiger partial charge in [-0.3, -0.25) is 4.79 Å². The second-order valence-corrected chi connectivity index (χ2v) is 5.66. The summed E-state index contributed by atoms with van der Waals surface area (Å²) >= 11 is 0. The number of para-hydroxylation sites is 1. The van der Waals surface area contributed by atoms with Gasteiger partial charge in [-0.05, 0) is 31.4 Å². The molecule has 4 nitrogen and oxygen atoms in total. The van der Waals surface area contributed by atoms with E-state index in [2.05, 4.69) is 10.4 Å². The molecule has 1 aliphatic carbocycles. The number of benzene rings is 1. The number of rotatable bonds is 2. The number of amides is 1. The van der Waals surface area contributed by atoms with E-state index in [0.717, 1.165) is 18.7 Å². The van der Waals surface area contributed by atoms with Crippen molar-refractivity contribution in [3.8, 4) is 0 Å². The van der Waals surface area contributed by atoms with Crippen LogP contribution in [-0.4, -0.2) is 18.0 Å². The Morgan fingerprint density at radius 3 is 2.63 bits per heavy atom. The highest BCUT2D eigenvalue weighted by Gasteiger charge is 2.42. The Kier molecular flexibility index (Phi) is 3.19. The van der Waals surface area contributed by atoms with Crippen LogP contribution < -0.4 is 16.2 Å². The van der Waals surface area contributed by atoms with Gasteiger partial charge in [0.1, 0.15) is 0 Å². The molecule has 1 saturated carbocycles. The third-order valence-electron chi connectivity index (χ3n) is 4.53. The fourth-order valence-corrected chi connectivity index (χ4v) is 3.58. The molecular formula is C15H21N3O. The summed E-state index contributed by atoms with van der Waals surface area (Å²) in [4.78, 5) is 11.6. The molecule has 4 heteroatoms. The number of hydrogen-bond acceptors (Lipinski definition) is 3. The molecule has 3 rings (SSSR count). The summed E-state index contributed by atoms with van der Waals surface area (Å²) in [7, 11) is 0. The molecule has 1 spiro atoms. The molecule has 0 radical (unpaired) electrons. The van der Waals surface area contributed by atoms with E-state index < -0.39 is 0 Å². The first kappa shape index (κ1) is 12.5. The van der Waals surface area contributed by atoms with Crippen LogP contribution >= 0.6 is 0 Å². The maximum atomic E-state index is 11.6. The van der Waals surface area contributed by atoms with Gasteiger partial charge < -0.3 is 10.7 Å². The lowest BCUT2D eigenvalue weighted by molar-refractivity contribution is 0.100. The van der Waals surface area contributed by atoms with Crippen LogP contribution in [0.5, 0.6) is 0 Å². The highest BCUT2D eigenvalue weighted by atomic mass is 16.1. The van der Waals surface area contributed by atoms with Crippen LogP contribution in [0.15, 0.2) is 24.3 Å². The Balaban J connectivity index is 1.99. The van der Waals surface area contributed by atoms with Gasteiger partial charge in [-0.15, -0.1) is 0 Å². The van der Waals surface area contributed by atoms with Crippen molar-refractivity contribution in [1.82, 2.24) is 5.43 Å². The van der Waals surface area contributed by atoms with Crippen molar-refractivity contribution in [2.45, 2.75) is 44.1 Å². The summed E-state index contributed by atoms with van der Waals surface area (Å²) < 4.78 is 0. The van der Waals surface area contributed by atoms with E-state index in [-0.39, 0.29) is 11.4 Å². The molecule has 1 aromatic rings. The molecule has 102 valence electrons. The monoisotopic (exact) mass is 259 g/mol. The maximum Gasteiger partial charge on any atom is 0.250 e. The standard InChI is InChI=1S/C15H21N3O/c16-14(19)12-6-2-3-7-13(12)18-15(10-11-17-18)8-4-1-5-9-15/h2-3,6-7,17H,1,4-5,8-11H2,(H2,16,19). The van der Waals surface area contributed by atoms with Crippen LogP contribution in [0.2, 0.25) is 0 Å². The zero-order valence-corrected chi connectivity index (χ0v) is 11.2. The summed E-state index contributed by atoms with van der Waals surface area (Å²) in [6, 6.07) is 7.65. The average Bonchev–Trinajstić information content (AvgIpc) is 2.82. The van der Waals surface area contributed by atoms with Crippen LogP contribution in [0.1, 0.15) is 48.9 Å². The molecule has 1 saturated heterocycles. The molecule has 0 atom stereocenters. The van der Waals surface area contributed by atoms with Crippen LogP contribution in [0.4, 0.5) is 5.69 Å². The van der Waals surface area contributed by atoms with E-state index in [4.69, 9.17) is 5.73 Å². The normalized spacial score (nSPS) is 21.8. The van der Waals surface area contributed by atoms with Crippen molar-refractivity contribution in [2.24, 2.45) is 5.73 Å². The molecule has 19 heavy (non-hydrogen) atoms. The van der Waals surface area contributed by atoms with Gasteiger partial charge in [0.15, 0.2) is 0 Å². The topological polar surface area (TPSA) is 58.4 Å². The first-order valence-corrected chi connectivity index (χ1v) is 7.16.